The normalized spacial score (nSPS) is 11.4. The Bertz CT molecular complexity index is 707. The molecule has 0 fully saturated rings. The Balaban J connectivity index is 2.11. The van der Waals surface area contributed by atoms with Gasteiger partial charge in [0.2, 0.25) is 5.91 Å². The number of hydrogen-bond donors (Lipinski definition) is 2. The Hall–Kier alpha value is -2.47. The average Bonchev–Trinajstić information content (AvgIpc) is 2.65. The second-order valence-electron chi connectivity index (χ2n) is 5.36. The Kier molecular flexibility index (Phi) is 7.35. The second-order valence-corrected chi connectivity index (χ2v) is 6.35. The first-order valence-corrected chi connectivity index (χ1v) is 9.34. The molecule has 25 heavy (non-hydrogen) atoms. The van der Waals surface area contributed by atoms with E-state index in [2.05, 4.69) is 10.6 Å². The molecule has 0 heterocycles. The molecule has 2 N–H and O–H groups in total. The van der Waals surface area contributed by atoms with Crippen LogP contribution in [-0.2, 0) is 4.79 Å². The van der Waals surface area contributed by atoms with Gasteiger partial charge in [0.05, 0.1) is 12.7 Å². The van der Waals surface area contributed by atoms with Crippen LogP contribution in [0, 0.1) is 0 Å². The number of carbonyl (C=O) groups is 2. The van der Waals surface area contributed by atoms with Crippen molar-refractivity contribution in [3.8, 4) is 5.75 Å². The standard InChI is InChI=1S/C19H22N2O3S/c1-24-17-11-7-6-10-15(17)18(22)21-16(12-13-25-2)19(23)20-14-8-4-3-5-9-14/h3-11,16H,12-13H2,1-2H3,(H,20,23)(H,21,22)/t16-/m0/s1. The van der Waals surface area contributed by atoms with Crippen molar-refractivity contribution < 1.29 is 14.3 Å². The summed E-state index contributed by atoms with van der Waals surface area (Å²) in [6.45, 7) is 0. The molecule has 0 saturated carbocycles. The number of anilines is 1. The van der Waals surface area contributed by atoms with Crippen molar-refractivity contribution >= 4 is 29.3 Å². The zero-order valence-corrected chi connectivity index (χ0v) is 15.1. The summed E-state index contributed by atoms with van der Waals surface area (Å²) in [4.78, 5) is 25.2. The number of nitrogens with one attached hydrogen (secondary N) is 2. The summed E-state index contributed by atoms with van der Waals surface area (Å²) in [5, 5.41) is 5.66. The lowest BCUT2D eigenvalue weighted by Gasteiger charge is -2.19. The molecule has 0 aliphatic heterocycles. The first-order chi connectivity index (χ1) is 12.2. The number of amides is 2. The minimum absolute atomic E-state index is 0.233. The minimum Gasteiger partial charge on any atom is -0.496 e. The van der Waals surface area contributed by atoms with E-state index in [0.717, 1.165) is 5.75 Å². The van der Waals surface area contributed by atoms with Gasteiger partial charge in [0, 0.05) is 5.69 Å². The van der Waals surface area contributed by atoms with Gasteiger partial charge in [-0.15, -0.1) is 0 Å². The van der Waals surface area contributed by atoms with Crippen molar-refractivity contribution in [3.63, 3.8) is 0 Å². The molecule has 0 aliphatic rings. The van der Waals surface area contributed by atoms with E-state index in [1.165, 1.54) is 7.11 Å². The molecule has 5 nitrogen and oxygen atoms in total. The number of para-hydroxylation sites is 2. The summed E-state index contributed by atoms with van der Waals surface area (Å²) in [6, 6.07) is 15.5. The smallest absolute Gasteiger partial charge is 0.255 e. The van der Waals surface area contributed by atoms with Gasteiger partial charge in [0.1, 0.15) is 11.8 Å². The first-order valence-electron chi connectivity index (χ1n) is 7.94. The van der Waals surface area contributed by atoms with Gasteiger partial charge in [-0.3, -0.25) is 9.59 Å². The summed E-state index contributed by atoms with van der Waals surface area (Å²) < 4.78 is 5.22. The first kappa shape index (κ1) is 18.9. The van der Waals surface area contributed by atoms with Crippen LogP contribution in [0.4, 0.5) is 5.69 Å². The maximum atomic E-state index is 12.6. The summed E-state index contributed by atoms with van der Waals surface area (Å²) >= 11 is 1.63. The Morgan fingerprint density at radius 1 is 1.08 bits per heavy atom. The third-order valence-electron chi connectivity index (χ3n) is 3.63. The van der Waals surface area contributed by atoms with E-state index in [0.29, 0.717) is 23.4 Å². The molecule has 132 valence electrons. The summed E-state index contributed by atoms with van der Waals surface area (Å²) in [5.41, 5.74) is 1.11. The number of carbonyl (C=O) groups excluding carboxylic acids is 2. The second kappa shape index (κ2) is 9.74. The SMILES string of the molecule is COc1ccccc1C(=O)N[C@@H](CCSC)C(=O)Nc1ccccc1. The van der Waals surface area contributed by atoms with Gasteiger partial charge < -0.3 is 15.4 Å². The highest BCUT2D eigenvalue weighted by molar-refractivity contribution is 7.98. The molecule has 0 saturated heterocycles. The predicted octanol–water partition coefficient (Wildman–Crippen LogP) is 3.19. The number of methoxy groups -OCH3 is 1. The molecular formula is C19H22N2O3S. The lowest BCUT2D eigenvalue weighted by molar-refractivity contribution is -0.118. The molecule has 6 heteroatoms. The van der Waals surface area contributed by atoms with Crippen LogP contribution < -0.4 is 15.4 Å². The highest BCUT2D eigenvalue weighted by atomic mass is 32.2. The van der Waals surface area contributed by atoms with Gasteiger partial charge in [-0.25, -0.2) is 0 Å². The average molecular weight is 358 g/mol. The highest BCUT2D eigenvalue weighted by Gasteiger charge is 2.22. The van der Waals surface area contributed by atoms with Crippen molar-refractivity contribution in [2.24, 2.45) is 0 Å². The molecular weight excluding hydrogens is 336 g/mol. The van der Waals surface area contributed by atoms with E-state index in [1.807, 2.05) is 36.6 Å². The van der Waals surface area contributed by atoms with Gasteiger partial charge >= 0.3 is 0 Å². The number of ether oxygens (including phenoxy) is 1. The molecule has 2 aromatic rings. The fourth-order valence-corrected chi connectivity index (χ4v) is 2.79. The zero-order chi connectivity index (χ0) is 18.1. The predicted molar refractivity (Wildman–Crippen MR) is 102 cm³/mol. The third kappa shape index (κ3) is 5.53. The van der Waals surface area contributed by atoms with Crippen molar-refractivity contribution in [2.45, 2.75) is 12.5 Å². The molecule has 2 rings (SSSR count). The summed E-state index contributed by atoms with van der Waals surface area (Å²) in [5.74, 6) is 0.682. The molecule has 0 spiro atoms. The van der Waals surface area contributed by atoms with Crippen LogP contribution in [0.15, 0.2) is 54.6 Å². The van der Waals surface area contributed by atoms with E-state index in [4.69, 9.17) is 4.74 Å². The molecule has 2 amide bonds. The van der Waals surface area contributed by atoms with Crippen LogP contribution in [-0.4, -0.2) is 37.0 Å². The topological polar surface area (TPSA) is 67.4 Å². The Morgan fingerprint density at radius 2 is 1.76 bits per heavy atom. The molecule has 0 unspecified atom stereocenters. The third-order valence-corrected chi connectivity index (χ3v) is 4.27. The molecule has 0 radical (unpaired) electrons. The molecule has 0 aromatic heterocycles. The van der Waals surface area contributed by atoms with Gasteiger partial charge in [0.15, 0.2) is 0 Å². The lowest BCUT2D eigenvalue weighted by Crippen LogP contribution is -2.44. The van der Waals surface area contributed by atoms with E-state index < -0.39 is 6.04 Å². The number of thioether (sulfide) groups is 1. The van der Waals surface area contributed by atoms with Crippen molar-refractivity contribution in [1.29, 1.82) is 0 Å². The fourth-order valence-electron chi connectivity index (χ4n) is 2.32. The Labute approximate surface area is 152 Å². The van der Waals surface area contributed by atoms with Crippen LogP contribution >= 0.6 is 11.8 Å². The minimum atomic E-state index is -0.620. The van der Waals surface area contributed by atoms with Crippen LogP contribution in [0.1, 0.15) is 16.8 Å². The van der Waals surface area contributed by atoms with E-state index in [9.17, 15) is 9.59 Å². The van der Waals surface area contributed by atoms with Crippen molar-refractivity contribution in [3.05, 3.63) is 60.2 Å². The van der Waals surface area contributed by atoms with Crippen LogP contribution in [0.2, 0.25) is 0 Å². The number of hydrogen-bond acceptors (Lipinski definition) is 4. The van der Waals surface area contributed by atoms with E-state index in [1.54, 1.807) is 36.0 Å². The summed E-state index contributed by atoms with van der Waals surface area (Å²) in [7, 11) is 1.51. The quantitative estimate of drug-likeness (QED) is 0.760. The van der Waals surface area contributed by atoms with Gasteiger partial charge in [-0.05, 0) is 42.7 Å². The maximum Gasteiger partial charge on any atom is 0.255 e. The van der Waals surface area contributed by atoms with Crippen LogP contribution in [0.3, 0.4) is 0 Å². The Morgan fingerprint density at radius 3 is 2.44 bits per heavy atom. The zero-order valence-electron chi connectivity index (χ0n) is 14.3. The molecule has 0 bridgehead atoms. The van der Waals surface area contributed by atoms with E-state index in [-0.39, 0.29) is 11.8 Å². The number of benzene rings is 2. The highest BCUT2D eigenvalue weighted by Crippen LogP contribution is 2.17. The largest absolute Gasteiger partial charge is 0.496 e. The van der Waals surface area contributed by atoms with Gasteiger partial charge in [-0.2, -0.15) is 11.8 Å². The fraction of sp³-hybridized carbons (Fsp3) is 0.263. The lowest BCUT2D eigenvalue weighted by atomic mass is 10.1. The van der Waals surface area contributed by atoms with Gasteiger partial charge in [0.25, 0.3) is 5.91 Å². The molecule has 2 aromatic carbocycles. The van der Waals surface area contributed by atoms with Crippen molar-refractivity contribution in [2.75, 3.05) is 24.4 Å². The van der Waals surface area contributed by atoms with Crippen LogP contribution in [0.5, 0.6) is 5.75 Å². The van der Waals surface area contributed by atoms with Gasteiger partial charge in [-0.1, -0.05) is 30.3 Å². The maximum absolute atomic E-state index is 12.6. The van der Waals surface area contributed by atoms with E-state index >= 15 is 0 Å². The molecule has 1 atom stereocenters. The van der Waals surface area contributed by atoms with Crippen molar-refractivity contribution in [1.82, 2.24) is 5.32 Å². The van der Waals surface area contributed by atoms with Crippen LogP contribution in [0.25, 0.3) is 0 Å². The molecule has 0 aliphatic carbocycles. The summed E-state index contributed by atoms with van der Waals surface area (Å²) in [6.07, 6.45) is 2.51. The monoisotopic (exact) mass is 358 g/mol. The number of rotatable bonds is 8.